The van der Waals surface area contributed by atoms with Crippen LogP contribution in [0.15, 0.2) is 30.3 Å². The molecule has 1 aromatic carbocycles. The van der Waals surface area contributed by atoms with E-state index in [-0.39, 0.29) is 5.91 Å². The van der Waals surface area contributed by atoms with Crippen molar-refractivity contribution in [1.29, 1.82) is 0 Å². The van der Waals surface area contributed by atoms with Crippen molar-refractivity contribution < 1.29 is 14.7 Å². The van der Waals surface area contributed by atoms with Crippen LogP contribution in [-0.4, -0.2) is 22.5 Å². The van der Waals surface area contributed by atoms with Crippen molar-refractivity contribution in [3.05, 3.63) is 35.2 Å². The van der Waals surface area contributed by atoms with Crippen LogP contribution >= 0.6 is 11.3 Å². The van der Waals surface area contributed by atoms with Gasteiger partial charge in [-0.3, -0.25) is 4.79 Å². The van der Waals surface area contributed by atoms with Crippen LogP contribution in [0.5, 0.6) is 0 Å². The lowest BCUT2D eigenvalue weighted by Gasteiger charge is -2.24. The molecule has 0 saturated heterocycles. The third kappa shape index (κ3) is 2.18. The first kappa shape index (κ1) is 13.1. The van der Waals surface area contributed by atoms with Crippen LogP contribution in [0.2, 0.25) is 0 Å². The van der Waals surface area contributed by atoms with Crippen LogP contribution in [0.3, 0.4) is 0 Å². The predicted octanol–water partition coefficient (Wildman–Crippen LogP) is 3.03. The van der Waals surface area contributed by atoms with E-state index >= 15 is 0 Å². The molecule has 4 nitrogen and oxygen atoms in total. The van der Waals surface area contributed by atoms with Gasteiger partial charge < -0.3 is 10.4 Å². The number of benzene rings is 1. The summed E-state index contributed by atoms with van der Waals surface area (Å²) in [6, 6.07) is 9.58. The van der Waals surface area contributed by atoms with E-state index in [2.05, 4.69) is 5.32 Å². The van der Waals surface area contributed by atoms with Crippen molar-refractivity contribution in [2.75, 3.05) is 0 Å². The highest BCUT2D eigenvalue weighted by molar-refractivity contribution is 7.20. The average Bonchev–Trinajstić information content (AvgIpc) is 3.05. The number of amides is 1. The Morgan fingerprint density at radius 1 is 1.20 bits per heavy atom. The van der Waals surface area contributed by atoms with Crippen LogP contribution in [0.4, 0.5) is 0 Å². The fourth-order valence-electron chi connectivity index (χ4n) is 2.74. The summed E-state index contributed by atoms with van der Waals surface area (Å²) >= 11 is 1.39. The molecule has 0 bridgehead atoms. The minimum Gasteiger partial charge on any atom is -0.480 e. The molecule has 1 fully saturated rings. The van der Waals surface area contributed by atoms with Gasteiger partial charge in [-0.15, -0.1) is 11.3 Å². The van der Waals surface area contributed by atoms with Gasteiger partial charge >= 0.3 is 5.97 Å². The first-order chi connectivity index (χ1) is 9.61. The largest absolute Gasteiger partial charge is 0.480 e. The first-order valence-corrected chi connectivity index (χ1v) is 7.47. The van der Waals surface area contributed by atoms with Crippen molar-refractivity contribution >= 4 is 33.3 Å². The second-order valence-corrected chi connectivity index (χ2v) is 6.28. The molecule has 2 N–H and O–H groups in total. The molecular weight excluding hydrogens is 274 g/mol. The number of carboxylic acids is 1. The Kier molecular flexibility index (Phi) is 3.22. The molecule has 1 aromatic heterocycles. The minimum absolute atomic E-state index is 0.282. The second kappa shape index (κ2) is 4.90. The van der Waals surface area contributed by atoms with Crippen LogP contribution in [0, 0.1) is 0 Å². The van der Waals surface area contributed by atoms with Crippen molar-refractivity contribution in [2.45, 2.75) is 31.2 Å². The standard InChI is InChI=1S/C15H15NO3S/c17-13(16-15(14(18)19)7-3-4-8-15)12-9-10-5-1-2-6-11(10)20-12/h1-2,5-6,9H,3-4,7-8H2,(H,16,17)(H,18,19). The maximum atomic E-state index is 12.3. The fourth-order valence-corrected chi connectivity index (χ4v) is 3.70. The van der Waals surface area contributed by atoms with Gasteiger partial charge in [-0.25, -0.2) is 4.79 Å². The van der Waals surface area contributed by atoms with Gasteiger partial charge in [0.15, 0.2) is 0 Å². The van der Waals surface area contributed by atoms with Crippen LogP contribution < -0.4 is 5.32 Å². The number of hydrogen-bond acceptors (Lipinski definition) is 3. The summed E-state index contributed by atoms with van der Waals surface area (Å²) in [5.41, 5.74) is -1.08. The topological polar surface area (TPSA) is 66.4 Å². The Bertz CT molecular complexity index is 638. The lowest BCUT2D eigenvalue weighted by atomic mass is 9.98. The smallest absolute Gasteiger partial charge is 0.329 e. The molecule has 0 radical (unpaired) electrons. The number of thiophene rings is 1. The van der Waals surface area contributed by atoms with Crippen molar-refractivity contribution in [1.82, 2.24) is 5.32 Å². The van der Waals surface area contributed by atoms with Gasteiger partial charge in [-0.2, -0.15) is 0 Å². The Hall–Kier alpha value is -1.88. The molecule has 0 unspecified atom stereocenters. The summed E-state index contributed by atoms with van der Waals surface area (Å²) in [6.07, 6.45) is 2.72. The Labute approximate surface area is 120 Å². The van der Waals surface area contributed by atoms with Crippen molar-refractivity contribution in [3.63, 3.8) is 0 Å². The van der Waals surface area contributed by atoms with E-state index in [1.165, 1.54) is 11.3 Å². The molecule has 1 aliphatic carbocycles. The first-order valence-electron chi connectivity index (χ1n) is 6.65. The molecular formula is C15H15NO3S. The van der Waals surface area contributed by atoms with Gasteiger partial charge in [0.05, 0.1) is 4.88 Å². The normalized spacial score (nSPS) is 17.2. The van der Waals surface area contributed by atoms with Gasteiger partial charge in [0.25, 0.3) is 5.91 Å². The highest BCUT2D eigenvalue weighted by Gasteiger charge is 2.42. The number of nitrogens with one attached hydrogen (secondary N) is 1. The van der Waals surface area contributed by atoms with E-state index in [1.54, 1.807) is 0 Å². The molecule has 1 saturated carbocycles. The van der Waals surface area contributed by atoms with E-state index in [0.29, 0.717) is 17.7 Å². The van der Waals surface area contributed by atoms with E-state index in [9.17, 15) is 14.7 Å². The summed E-state index contributed by atoms with van der Waals surface area (Å²) in [7, 11) is 0. The lowest BCUT2D eigenvalue weighted by Crippen LogP contribution is -2.52. The van der Waals surface area contributed by atoms with Gasteiger partial charge in [0.2, 0.25) is 0 Å². The van der Waals surface area contributed by atoms with Gasteiger partial charge in [0.1, 0.15) is 5.54 Å². The molecule has 20 heavy (non-hydrogen) atoms. The number of hydrogen-bond donors (Lipinski definition) is 2. The fraction of sp³-hybridized carbons (Fsp3) is 0.333. The summed E-state index contributed by atoms with van der Waals surface area (Å²) in [4.78, 5) is 24.3. The highest BCUT2D eigenvalue weighted by Crippen LogP contribution is 2.31. The number of carboxylic acid groups (broad SMARTS) is 1. The highest BCUT2D eigenvalue weighted by atomic mass is 32.1. The predicted molar refractivity (Wildman–Crippen MR) is 78.1 cm³/mol. The Balaban J connectivity index is 1.87. The van der Waals surface area contributed by atoms with E-state index < -0.39 is 11.5 Å². The maximum Gasteiger partial charge on any atom is 0.329 e. The Morgan fingerprint density at radius 3 is 2.55 bits per heavy atom. The second-order valence-electron chi connectivity index (χ2n) is 5.20. The number of carbonyl (C=O) groups excluding carboxylic acids is 1. The van der Waals surface area contributed by atoms with E-state index in [4.69, 9.17) is 0 Å². The van der Waals surface area contributed by atoms with Crippen LogP contribution in [-0.2, 0) is 4.79 Å². The zero-order valence-corrected chi connectivity index (χ0v) is 11.7. The zero-order chi connectivity index (χ0) is 14.2. The van der Waals surface area contributed by atoms with Gasteiger partial charge in [-0.1, -0.05) is 31.0 Å². The van der Waals surface area contributed by atoms with Crippen LogP contribution in [0.1, 0.15) is 35.4 Å². The summed E-state index contributed by atoms with van der Waals surface area (Å²) in [5.74, 6) is -1.21. The Morgan fingerprint density at radius 2 is 1.90 bits per heavy atom. The molecule has 1 aliphatic rings. The van der Waals surface area contributed by atoms with Crippen LogP contribution in [0.25, 0.3) is 10.1 Å². The molecule has 0 aliphatic heterocycles. The monoisotopic (exact) mass is 289 g/mol. The molecule has 1 heterocycles. The van der Waals surface area contributed by atoms with E-state index in [0.717, 1.165) is 22.9 Å². The molecule has 1 amide bonds. The molecule has 0 spiro atoms. The summed E-state index contributed by atoms with van der Waals surface area (Å²) in [5, 5.41) is 13.1. The molecule has 2 aromatic rings. The number of fused-ring (bicyclic) bond motifs is 1. The molecule has 104 valence electrons. The lowest BCUT2D eigenvalue weighted by molar-refractivity contribution is -0.144. The number of carbonyl (C=O) groups is 2. The average molecular weight is 289 g/mol. The number of rotatable bonds is 3. The number of aliphatic carboxylic acids is 1. The van der Waals surface area contributed by atoms with Gasteiger partial charge in [-0.05, 0) is 30.4 Å². The summed E-state index contributed by atoms with van der Waals surface area (Å²) in [6.45, 7) is 0. The quantitative estimate of drug-likeness (QED) is 0.912. The SMILES string of the molecule is O=C(NC1(C(=O)O)CCCC1)c1cc2ccccc2s1. The third-order valence-corrected chi connectivity index (χ3v) is 4.98. The van der Waals surface area contributed by atoms with E-state index in [1.807, 2.05) is 30.3 Å². The molecule has 3 rings (SSSR count). The molecule has 5 heteroatoms. The van der Waals surface area contributed by atoms with Crippen molar-refractivity contribution in [3.8, 4) is 0 Å². The maximum absolute atomic E-state index is 12.3. The minimum atomic E-state index is -1.08. The zero-order valence-electron chi connectivity index (χ0n) is 10.9. The third-order valence-electron chi connectivity index (χ3n) is 3.87. The summed E-state index contributed by atoms with van der Waals surface area (Å²) < 4.78 is 1.04. The molecule has 0 atom stereocenters. The van der Waals surface area contributed by atoms with Crippen molar-refractivity contribution in [2.24, 2.45) is 0 Å². The van der Waals surface area contributed by atoms with Gasteiger partial charge in [0, 0.05) is 4.70 Å².